The van der Waals surface area contributed by atoms with Crippen LogP contribution in [0.25, 0.3) is 6.08 Å². The van der Waals surface area contributed by atoms with Crippen LogP contribution in [0.15, 0.2) is 42.6 Å². The molecule has 0 saturated carbocycles. The van der Waals surface area contributed by atoms with Crippen molar-refractivity contribution in [2.24, 2.45) is 0 Å². The van der Waals surface area contributed by atoms with Crippen molar-refractivity contribution in [2.75, 3.05) is 19.0 Å². The molecule has 0 aliphatic carbocycles. The number of methoxy groups -OCH3 is 1. The van der Waals surface area contributed by atoms with Crippen LogP contribution in [0.4, 0.5) is 5.82 Å². The maximum Gasteiger partial charge on any atom is 0.331 e. The molecule has 0 aliphatic rings. The maximum absolute atomic E-state index is 11.7. The molecule has 0 aliphatic heterocycles. The van der Waals surface area contributed by atoms with Gasteiger partial charge in [-0.25, -0.2) is 9.78 Å². The highest BCUT2D eigenvalue weighted by Crippen LogP contribution is 2.22. The van der Waals surface area contributed by atoms with Crippen LogP contribution >= 0.6 is 23.2 Å². The van der Waals surface area contributed by atoms with E-state index in [0.29, 0.717) is 10.8 Å². The van der Waals surface area contributed by atoms with E-state index < -0.39 is 18.5 Å². The number of benzene rings is 1. The summed E-state index contributed by atoms with van der Waals surface area (Å²) >= 11 is 11.6. The minimum absolute atomic E-state index is 0.140. The number of pyridine rings is 1. The first-order chi connectivity index (χ1) is 12.0. The van der Waals surface area contributed by atoms with Crippen molar-refractivity contribution < 1.29 is 19.1 Å². The second-order valence-corrected chi connectivity index (χ2v) is 5.59. The third-order valence-electron chi connectivity index (χ3n) is 2.94. The Labute approximate surface area is 154 Å². The molecule has 6 nitrogen and oxygen atoms in total. The number of esters is 1. The number of aromatic nitrogens is 1. The molecule has 8 heteroatoms. The third kappa shape index (κ3) is 6.10. The van der Waals surface area contributed by atoms with Crippen molar-refractivity contribution in [3.8, 4) is 5.75 Å². The average Bonchev–Trinajstić information content (AvgIpc) is 2.61. The molecular weight excluding hydrogens is 367 g/mol. The van der Waals surface area contributed by atoms with Crippen LogP contribution in [-0.4, -0.2) is 30.6 Å². The van der Waals surface area contributed by atoms with Crippen molar-refractivity contribution in [3.05, 3.63) is 58.2 Å². The molecule has 0 spiro atoms. The van der Waals surface area contributed by atoms with E-state index in [9.17, 15) is 9.59 Å². The largest absolute Gasteiger partial charge is 0.497 e. The summed E-state index contributed by atoms with van der Waals surface area (Å²) in [6.45, 7) is -0.466. The lowest BCUT2D eigenvalue weighted by Crippen LogP contribution is -2.20. The van der Waals surface area contributed by atoms with Gasteiger partial charge in [0.25, 0.3) is 5.91 Å². The van der Waals surface area contributed by atoms with Crippen LogP contribution in [0, 0.1) is 0 Å². The minimum atomic E-state index is -0.652. The van der Waals surface area contributed by atoms with Crippen LogP contribution in [0.3, 0.4) is 0 Å². The molecular formula is C17H14Cl2N2O4. The van der Waals surface area contributed by atoms with E-state index in [4.69, 9.17) is 32.7 Å². The molecule has 0 radical (unpaired) electrons. The number of ether oxygens (including phenoxy) is 2. The predicted molar refractivity (Wildman–Crippen MR) is 95.9 cm³/mol. The molecule has 0 saturated heterocycles. The van der Waals surface area contributed by atoms with Gasteiger partial charge >= 0.3 is 5.97 Å². The van der Waals surface area contributed by atoms with E-state index in [1.54, 1.807) is 37.5 Å². The molecule has 0 unspecified atom stereocenters. The van der Waals surface area contributed by atoms with Crippen molar-refractivity contribution in [3.63, 3.8) is 0 Å². The monoisotopic (exact) mass is 380 g/mol. The summed E-state index contributed by atoms with van der Waals surface area (Å²) in [7, 11) is 1.57. The first kappa shape index (κ1) is 18.8. The Bertz CT molecular complexity index is 792. The maximum atomic E-state index is 11.7. The molecule has 0 fully saturated rings. The normalized spacial score (nSPS) is 10.5. The Morgan fingerprint density at radius 1 is 1.24 bits per heavy atom. The van der Waals surface area contributed by atoms with Crippen molar-refractivity contribution in [1.82, 2.24) is 4.98 Å². The van der Waals surface area contributed by atoms with Crippen LogP contribution in [0.5, 0.6) is 5.75 Å². The van der Waals surface area contributed by atoms with Gasteiger partial charge in [-0.05, 0) is 29.8 Å². The molecule has 25 heavy (non-hydrogen) atoms. The second kappa shape index (κ2) is 9.05. The van der Waals surface area contributed by atoms with Gasteiger partial charge in [-0.1, -0.05) is 35.3 Å². The van der Waals surface area contributed by atoms with Crippen molar-refractivity contribution in [1.29, 1.82) is 0 Å². The van der Waals surface area contributed by atoms with E-state index in [2.05, 4.69) is 10.3 Å². The molecule has 1 amide bonds. The summed E-state index contributed by atoms with van der Waals surface area (Å²) in [6, 6.07) is 8.53. The highest BCUT2D eigenvalue weighted by Gasteiger charge is 2.09. The zero-order chi connectivity index (χ0) is 18.2. The number of anilines is 1. The fourth-order valence-electron chi connectivity index (χ4n) is 1.74. The molecule has 130 valence electrons. The van der Waals surface area contributed by atoms with E-state index in [1.807, 2.05) is 0 Å². The third-order valence-corrected chi connectivity index (χ3v) is 3.43. The number of nitrogens with zero attached hydrogens (tertiary/aromatic N) is 1. The molecule has 2 aromatic rings. The lowest BCUT2D eigenvalue weighted by molar-refractivity contribution is -0.142. The summed E-state index contributed by atoms with van der Waals surface area (Å²) in [4.78, 5) is 27.3. The molecule has 1 heterocycles. The van der Waals surface area contributed by atoms with E-state index in [0.717, 1.165) is 5.56 Å². The lowest BCUT2D eigenvalue weighted by Gasteiger charge is -2.06. The Balaban J connectivity index is 1.82. The second-order valence-electron chi connectivity index (χ2n) is 4.75. The summed E-state index contributed by atoms with van der Waals surface area (Å²) in [5.74, 6) is -0.365. The first-order valence-corrected chi connectivity index (χ1v) is 7.83. The molecule has 1 aromatic heterocycles. The van der Waals surface area contributed by atoms with Gasteiger partial charge in [-0.15, -0.1) is 0 Å². The Morgan fingerprint density at radius 3 is 2.60 bits per heavy atom. The van der Waals surface area contributed by atoms with Gasteiger partial charge in [0.15, 0.2) is 12.4 Å². The summed E-state index contributed by atoms with van der Waals surface area (Å²) in [6.07, 6.45) is 4.13. The van der Waals surface area contributed by atoms with E-state index in [-0.39, 0.29) is 10.8 Å². The first-order valence-electron chi connectivity index (χ1n) is 7.07. The number of carbonyl (C=O) groups is 2. The van der Waals surface area contributed by atoms with Gasteiger partial charge in [-0.3, -0.25) is 4.79 Å². The summed E-state index contributed by atoms with van der Waals surface area (Å²) in [5.41, 5.74) is 0.791. The smallest absolute Gasteiger partial charge is 0.331 e. The molecule has 0 bridgehead atoms. The lowest BCUT2D eigenvalue weighted by atomic mass is 10.2. The highest BCUT2D eigenvalue weighted by molar-refractivity contribution is 6.36. The molecule has 0 atom stereocenters. The number of hydrogen-bond acceptors (Lipinski definition) is 5. The zero-order valence-electron chi connectivity index (χ0n) is 13.2. The topological polar surface area (TPSA) is 77.5 Å². The van der Waals surface area contributed by atoms with Gasteiger partial charge in [0.05, 0.1) is 17.2 Å². The number of rotatable bonds is 6. The highest BCUT2D eigenvalue weighted by atomic mass is 35.5. The van der Waals surface area contributed by atoms with Crippen LogP contribution < -0.4 is 10.1 Å². The Morgan fingerprint density at radius 2 is 1.96 bits per heavy atom. The van der Waals surface area contributed by atoms with Crippen LogP contribution in [0.1, 0.15) is 5.56 Å². The molecule has 1 N–H and O–H groups in total. The van der Waals surface area contributed by atoms with Gasteiger partial charge in [0, 0.05) is 12.3 Å². The number of hydrogen-bond donors (Lipinski definition) is 1. The van der Waals surface area contributed by atoms with E-state index >= 15 is 0 Å². The van der Waals surface area contributed by atoms with Gasteiger partial charge in [0.2, 0.25) is 0 Å². The standard InChI is InChI=1S/C17H14Cl2N2O4/c1-24-13-5-2-11(3-6-13)4-7-16(23)25-10-15(22)21-17-14(19)8-12(18)9-20-17/h2-9H,10H2,1H3,(H,20,21,22)/b7-4+. The average molecular weight is 381 g/mol. The fraction of sp³-hybridized carbons (Fsp3) is 0.118. The van der Waals surface area contributed by atoms with Crippen LogP contribution in [0.2, 0.25) is 10.0 Å². The fourth-order valence-corrected chi connectivity index (χ4v) is 2.17. The number of carbonyl (C=O) groups excluding carboxylic acids is 2. The van der Waals surface area contributed by atoms with Crippen molar-refractivity contribution in [2.45, 2.75) is 0 Å². The summed E-state index contributed by atoms with van der Waals surface area (Å²) < 4.78 is 9.89. The van der Waals surface area contributed by atoms with Gasteiger partial charge in [-0.2, -0.15) is 0 Å². The van der Waals surface area contributed by atoms with Crippen molar-refractivity contribution >= 4 is 47.0 Å². The number of amides is 1. The van der Waals surface area contributed by atoms with Crippen LogP contribution in [-0.2, 0) is 14.3 Å². The van der Waals surface area contributed by atoms with E-state index in [1.165, 1.54) is 18.3 Å². The SMILES string of the molecule is COc1ccc(/C=C/C(=O)OCC(=O)Nc2ncc(Cl)cc2Cl)cc1. The predicted octanol–water partition coefficient (Wildman–Crippen LogP) is 3.59. The summed E-state index contributed by atoms with van der Waals surface area (Å²) in [5, 5.41) is 2.96. The molecule has 1 aromatic carbocycles. The Kier molecular flexibility index (Phi) is 6.80. The number of halogens is 2. The van der Waals surface area contributed by atoms with Gasteiger partial charge in [0.1, 0.15) is 5.75 Å². The quantitative estimate of drug-likeness (QED) is 0.611. The van der Waals surface area contributed by atoms with Gasteiger partial charge < -0.3 is 14.8 Å². The zero-order valence-corrected chi connectivity index (χ0v) is 14.7. The Hall–Kier alpha value is -2.57. The minimum Gasteiger partial charge on any atom is -0.497 e. The molecule has 2 rings (SSSR count). The number of nitrogens with one attached hydrogen (secondary N) is 1.